The SMILES string of the molecule is O=C(NCCCO)Nc1ccc(OCC(F)(F)F)c(Cl)c1. The molecule has 1 aromatic carbocycles. The molecule has 118 valence electrons. The molecule has 1 rings (SSSR count). The summed E-state index contributed by atoms with van der Waals surface area (Å²) in [6, 6.07) is 3.36. The second-order valence-corrected chi connectivity index (χ2v) is 4.41. The van der Waals surface area contributed by atoms with E-state index in [4.69, 9.17) is 16.7 Å². The normalized spacial score (nSPS) is 11.1. The molecule has 0 heterocycles. The minimum absolute atomic E-state index is 0.0443. The van der Waals surface area contributed by atoms with Gasteiger partial charge in [-0.2, -0.15) is 13.2 Å². The second-order valence-electron chi connectivity index (χ2n) is 4.01. The number of benzene rings is 1. The van der Waals surface area contributed by atoms with Crippen molar-refractivity contribution < 1.29 is 27.8 Å². The average Bonchev–Trinajstić information content (AvgIpc) is 2.37. The van der Waals surface area contributed by atoms with Crippen LogP contribution in [0.3, 0.4) is 0 Å². The van der Waals surface area contributed by atoms with Crippen LogP contribution >= 0.6 is 11.6 Å². The first-order valence-electron chi connectivity index (χ1n) is 5.96. The summed E-state index contributed by atoms with van der Waals surface area (Å²) in [5.74, 6) is -0.125. The molecule has 0 radical (unpaired) electrons. The Morgan fingerprint density at radius 3 is 2.67 bits per heavy atom. The van der Waals surface area contributed by atoms with Crippen molar-refractivity contribution in [2.24, 2.45) is 0 Å². The van der Waals surface area contributed by atoms with Gasteiger partial charge >= 0.3 is 12.2 Å². The molecule has 1 aromatic rings. The summed E-state index contributed by atoms with van der Waals surface area (Å²) >= 11 is 5.77. The van der Waals surface area contributed by atoms with Crippen molar-refractivity contribution in [3.05, 3.63) is 23.2 Å². The molecule has 0 unspecified atom stereocenters. The minimum atomic E-state index is -4.45. The van der Waals surface area contributed by atoms with E-state index in [9.17, 15) is 18.0 Å². The zero-order chi connectivity index (χ0) is 15.9. The Labute approximate surface area is 124 Å². The highest BCUT2D eigenvalue weighted by molar-refractivity contribution is 6.32. The summed E-state index contributed by atoms with van der Waals surface area (Å²) in [6.07, 6.45) is -4.04. The number of hydrogen-bond donors (Lipinski definition) is 3. The largest absolute Gasteiger partial charge is 0.483 e. The van der Waals surface area contributed by atoms with Crippen LogP contribution in [0.1, 0.15) is 6.42 Å². The van der Waals surface area contributed by atoms with E-state index in [0.29, 0.717) is 18.7 Å². The van der Waals surface area contributed by atoms with Gasteiger partial charge in [-0.15, -0.1) is 0 Å². The molecule has 0 saturated heterocycles. The van der Waals surface area contributed by atoms with Gasteiger partial charge in [0.15, 0.2) is 6.61 Å². The van der Waals surface area contributed by atoms with Gasteiger partial charge in [0.05, 0.1) is 5.02 Å². The average molecular weight is 327 g/mol. The van der Waals surface area contributed by atoms with Crippen molar-refractivity contribution in [3.8, 4) is 5.75 Å². The lowest BCUT2D eigenvalue weighted by atomic mass is 10.3. The van der Waals surface area contributed by atoms with E-state index in [0.717, 1.165) is 0 Å². The summed E-state index contributed by atoms with van der Waals surface area (Å²) in [4.78, 5) is 11.4. The number of rotatable bonds is 6. The number of amides is 2. The quantitative estimate of drug-likeness (QED) is 0.704. The van der Waals surface area contributed by atoms with Gasteiger partial charge in [0, 0.05) is 18.8 Å². The molecule has 0 atom stereocenters. The standard InChI is InChI=1S/C12H14ClF3N2O3/c13-9-6-8(18-11(20)17-4-1-5-19)2-3-10(9)21-7-12(14,15)16/h2-3,6,19H,1,4-5,7H2,(H2,17,18,20). The van der Waals surface area contributed by atoms with Crippen molar-refractivity contribution in [1.82, 2.24) is 5.32 Å². The van der Waals surface area contributed by atoms with Gasteiger partial charge in [0.25, 0.3) is 0 Å². The molecule has 0 aliphatic rings. The molecule has 0 spiro atoms. The molecule has 0 bridgehead atoms. The Morgan fingerprint density at radius 1 is 1.38 bits per heavy atom. The molecular formula is C12H14ClF3N2O3. The van der Waals surface area contributed by atoms with Gasteiger partial charge in [-0.05, 0) is 24.6 Å². The Bertz CT molecular complexity index is 483. The maximum Gasteiger partial charge on any atom is 0.422 e. The van der Waals surface area contributed by atoms with Crippen molar-refractivity contribution >= 4 is 23.3 Å². The van der Waals surface area contributed by atoms with Gasteiger partial charge in [-0.1, -0.05) is 11.6 Å². The first kappa shape index (κ1) is 17.4. The Hall–Kier alpha value is -1.67. The predicted octanol–water partition coefficient (Wildman–Crippen LogP) is 2.79. The van der Waals surface area contributed by atoms with Gasteiger partial charge in [-0.25, -0.2) is 4.79 Å². The van der Waals surface area contributed by atoms with E-state index in [1.54, 1.807) is 0 Å². The molecule has 0 fully saturated rings. The van der Waals surface area contributed by atoms with Crippen molar-refractivity contribution in [1.29, 1.82) is 0 Å². The summed E-state index contributed by atoms with van der Waals surface area (Å²) in [7, 11) is 0. The van der Waals surface area contributed by atoms with Gasteiger partial charge in [0.2, 0.25) is 0 Å². The zero-order valence-electron chi connectivity index (χ0n) is 10.8. The van der Waals surface area contributed by atoms with Crippen LogP contribution in [-0.4, -0.2) is 37.1 Å². The Morgan fingerprint density at radius 2 is 2.10 bits per heavy atom. The number of alkyl halides is 3. The number of aliphatic hydroxyl groups is 1. The van der Waals surface area contributed by atoms with Crippen LogP contribution in [0.2, 0.25) is 5.02 Å². The van der Waals surface area contributed by atoms with Gasteiger partial charge < -0.3 is 20.5 Å². The summed E-state index contributed by atoms with van der Waals surface area (Å²) in [6.45, 7) is -1.19. The fraction of sp³-hybridized carbons (Fsp3) is 0.417. The number of carbonyl (C=O) groups is 1. The van der Waals surface area contributed by atoms with Crippen LogP contribution in [0.4, 0.5) is 23.7 Å². The second kappa shape index (κ2) is 7.94. The smallest absolute Gasteiger partial charge is 0.422 e. The molecule has 2 amide bonds. The first-order valence-corrected chi connectivity index (χ1v) is 6.34. The fourth-order valence-electron chi connectivity index (χ4n) is 1.31. The van der Waals surface area contributed by atoms with Crippen LogP contribution in [0, 0.1) is 0 Å². The monoisotopic (exact) mass is 326 g/mol. The maximum absolute atomic E-state index is 12.0. The van der Waals surface area contributed by atoms with E-state index < -0.39 is 18.8 Å². The van der Waals surface area contributed by atoms with Crippen molar-refractivity contribution in [3.63, 3.8) is 0 Å². The Balaban J connectivity index is 2.55. The number of ether oxygens (including phenoxy) is 1. The van der Waals surface area contributed by atoms with E-state index in [1.165, 1.54) is 18.2 Å². The first-order chi connectivity index (χ1) is 9.81. The molecule has 9 heteroatoms. The van der Waals surface area contributed by atoms with Crippen LogP contribution in [0.25, 0.3) is 0 Å². The number of aliphatic hydroxyl groups excluding tert-OH is 1. The molecule has 5 nitrogen and oxygen atoms in total. The van der Waals surface area contributed by atoms with E-state index >= 15 is 0 Å². The molecule has 3 N–H and O–H groups in total. The highest BCUT2D eigenvalue weighted by Gasteiger charge is 2.28. The minimum Gasteiger partial charge on any atom is -0.483 e. The predicted molar refractivity (Wildman–Crippen MR) is 71.7 cm³/mol. The van der Waals surface area contributed by atoms with Crippen LogP contribution in [0.5, 0.6) is 5.75 Å². The number of halogens is 4. The van der Waals surface area contributed by atoms with Crippen molar-refractivity contribution in [2.75, 3.05) is 25.1 Å². The third kappa shape index (κ3) is 7.05. The Kier molecular flexibility index (Phi) is 6.57. The van der Waals surface area contributed by atoms with Crippen LogP contribution in [0.15, 0.2) is 18.2 Å². The van der Waals surface area contributed by atoms with E-state index in [-0.39, 0.29) is 17.4 Å². The maximum atomic E-state index is 12.0. The number of anilines is 1. The highest BCUT2D eigenvalue weighted by Crippen LogP contribution is 2.29. The lowest BCUT2D eigenvalue weighted by Gasteiger charge is -2.12. The number of urea groups is 1. The topological polar surface area (TPSA) is 70.6 Å². The van der Waals surface area contributed by atoms with Crippen LogP contribution in [-0.2, 0) is 0 Å². The van der Waals surface area contributed by atoms with Gasteiger partial charge in [-0.3, -0.25) is 0 Å². The molecule has 0 aliphatic heterocycles. The fourth-order valence-corrected chi connectivity index (χ4v) is 1.55. The molecule has 0 saturated carbocycles. The summed E-state index contributed by atoms with van der Waals surface area (Å²) < 4.78 is 40.6. The molecule has 21 heavy (non-hydrogen) atoms. The number of nitrogens with one attached hydrogen (secondary N) is 2. The lowest BCUT2D eigenvalue weighted by Crippen LogP contribution is -2.29. The van der Waals surface area contributed by atoms with Gasteiger partial charge in [0.1, 0.15) is 5.75 Å². The highest BCUT2D eigenvalue weighted by atomic mass is 35.5. The van der Waals surface area contributed by atoms with Crippen LogP contribution < -0.4 is 15.4 Å². The number of carbonyl (C=O) groups excluding carboxylic acids is 1. The zero-order valence-corrected chi connectivity index (χ0v) is 11.6. The van der Waals surface area contributed by atoms with Crippen molar-refractivity contribution in [2.45, 2.75) is 12.6 Å². The third-order valence-corrected chi connectivity index (χ3v) is 2.50. The summed E-state index contributed by atoms with van der Waals surface area (Å²) in [5.41, 5.74) is 0.306. The molecule has 0 aromatic heterocycles. The summed E-state index contributed by atoms with van der Waals surface area (Å²) in [5, 5.41) is 13.4. The molecular weight excluding hydrogens is 313 g/mol. The lowest BCUT2D eigenvalue weighted by molar-refractivity contribution is -0.153. The third-order valence-electron chi connectivity index (χ3n) is 2.20. The molecule has 0 aliphatic carbocycles. The van der Waals surface area contributed by atoms with E-state index in [2.05, 4.69) is 15.4 Å². The van der Waals surface area contributed by atoms with E-state index in [1.807, 2.05) is 0 Å². The number of hydrogen-bond acceptors (Lipinski definition) is 3.